The average molecular weight is 225 g/mol. The van der Waals surface area contributed by atoms with Crippen molar-refractivity contribution in [2.75, 3.05) is 12.8 Å². The zero-order chi connectivity index (χ0) is 10.7. The first-order valence-corrected chi connectivity index (χ1v) is 6.84. The molecule has 0 radical (unpaired) electrons. The third-order valence-corrected chi connectivity index (χ3v) is 4.62. The van der Waals surface area contributed by atoms with Crippen molar-refractivity contribution in [2.45, 2.75) is 37.0 Å². The standard InChI is InChI=1S/C12H19NOS/c1-3-10(11-5-4-8-14-11)13-9-12(15-2)6-7-12/h4-5,8,10,13H,3,6-7,9H2,1-2H3. The largest absolute Gasteiger partial charge is 0.468 e. The van der Waals surface area contributed by atoms with Crippen molar-refractivity contribution in [1.82, 2.24) is 5.32 Å². The summed E-state index contributed by atoms with van der Waals surface area (Å²) in [5.74, 6) is 1.06. The van der Waals surface area contributed by atoms with E-state index < -0.39 is 0 Å². The van der Waals surface area contributed by atoms with Gasteiger partial charge in [-0.3, -0.25) is 0 Å². The molecule has 3 heteroatoms. The van der Waals surface area contributed by atoms with Gasteiger partial charge in [0.25, 0.3) is 0 Å². The maximum absolute atomic E-state index is 5.44. The molecule has 0 bridgehead atoms. The Balaban J connectivity index is 1.87. The first kappa shape index (κ1) is 11.1. The quantitative estimate of drug-likeness (QED) is 0.804. The number of furan rings is 1. The first-order valence-electron chi connectivity index (χ1n) is 5.61. The maximum atomic E-state index is 5.44. The fraction of sp³-hybridized carbons (Fsp3) is 0.667. The lowest BCUT2D eigenvalue weighted by atomic mass is 10.1. The fourth-order valence-corrected chi connectivity index (χ4v) is 2.58. The van der Waals surface area contributed by atoms with Crippen LogP contribution in [0.3, 0.4) is 0 Å². The number of nitrogens with one attached hydrogen (secondary N) is 1. The van der Waals surface area contributed by atoms with E-state index >= 15 is 0 Å². The molecule has 1 aromatic rings. The Morgan fingerprint density at radius 1 is 1.60 bits per heavy atom. The normalized spacial score (nSPS) is 20.1. The van der Waals surface area contributed by atoms with Crippen LogP contribution in [0.2, 0.25) is 0 Å². The Hall–Kier alpha value is -0.410. The Bertz CT molecular complexity index is 293. The van der Waals surface area contributed by atoms with Gasteiger partial charge in [-0.2, -0.15) is 11.8 Å². The van der Waals surface area contributed by atoms with Crippen LogP contribution < -0.4 is 5.32 Å². The molecule has 1 atom stereocenters. The van der Waals surface area contributed by atoms with Crippen LogP contribution in [0.4, 0.5) is 0 Å². The molecule has 1 aromatic heterocycles. The maximum Gasteiger partial charge on any atom is 0.120 e. The van der Waals surface area contributed by atoms with Crippen LogP contribution in [0.1, 0.15) is 38.0 Å². The SMILES string of the molecule is CCC(NCC1(SC)CC1)c1ccco1. The second-order valence-electron chi connectivity index (χ2n) is 4.24. The van der Waals surface area contributed by atoms with Crippen LogP contribution in [0, 0.1) is 0 Å². The van der Waals surface area contributed by atoms with E-state index in [-0.39, 0.29) is 0 Å². The van der Waals surface area contributed by atoms with E-state index in [1.54, 1.807) is 6.26 Å². The second-order valence-corrected chi connectivity index (χ2v) is 5.52. The Morgan fingerprint density at radius 2 is 2.40 bits per heavy atom. The minimum absolute atomic E-state index is 0.379. The van der Waals surface area contributed by atoms with E-state index in [4.69, 9.17) is 4.42 Å². The van der Waals surface area contributed by atoms with E-state index in [0.29, 0.717) is 10.8 Å². The summed E-state index contributed by atoms with van der Waals surface area (Å²) in [5, 5.41) is 3.61. The van der Waals surface area contributed by atoms with Crippen molar-refractivity contribution < 1.29 is 4.42 Å². The van der Waals surface area contributed by atoms with Crippen molar-refractivity contribution in [2.24, 2.45) is 0 Å². The number of rotatable bonds is 6. The van der Waals surface area contributed by atoms with Crippen LogP contribution in [-0.2, 0) is 0 Å². The molecule has 1 aliphatic carbocycles. The lowest BCUT2D eigenvalue weighted by Gasteiger charge is -2.19. The predicted octanol–water partition coefficient (Wildman–Crippen LogP) is 3.22. The lowest BCUT2D eigenvalue weighted by Crippen LogP contribution is -2.29. The molecule has 84 valence electrons. The Morgan fingerprint density at radius 3 is 2.87 bits per heavy atom. The van der Waals surface area contributed by atoms with Gasteiger partial charge in [-0.15, -0.1) is 0 Å². The van der Waals surface area contributed by atoms with Crippen molar-refractivity contribution in [1.29, 1.82) is 0 Å². The van der Waals surface area contributed by atoms with Gasteiger partial charge in [0.2, 0.25) is 0 Å². The smallest absolute Gasteiger partial charge is 0.120 e. The van der Waals surface area contributed by atoms with Gasteiger partial charge in [0.15, 0.2) is 0 Å². The second kappa shape index (κ2) is 4.62. The van der Waals surface area contributed by atoms with E-state index in [1.807, 2.05) is 17.8 Å². The van der Waals surface area contributed by atoms with E-state index in [0.717, 1.165) is 18.7 Å². The van der Waals surface area contributed by atoms with Gasteiger partial charge in [0.1, 0.15) is 5.76 Å². The summed E-state index contributed by atoms with van der Waals surface area (Å²) in [6, 6.07) is 4.39. The molecule has 1 aliphatic rings. The molecule has 0 aliphatic heterocycles. The van der Waals surface area contributed by atoms with Crippen molar-refractivity contribution >= 4 is 11.8 Å². The Kier molecular flexibility index (Phi) is 3.42. The van der Waals surface area contributed by atoms with Crippen LogP contribution in [-0.4, -0.2) is 17.5 Å². The summed E-state index contributed by atoms with van der Waals surface area (Å²) >= 11 is 1.99. The summed E-state index contributed by atoms with van der Waals surface area (Å²) in [5.41, 5.74) is 0. The van der Waals surface area contributed by atoms with Crippen LogP contribution >= 0.6 is 11.8 Å². The van der Waals surface area contributed by atoms with Gasteiger partial charge in [-0.05, 0) is 37.7 Å². The molecule has 1 fully saturated rings. The fourth-order valence-electron chi connectivity index (χ4n) is 1.84. The van der Waals surface area contributed by atoms with Gasteiger partial charge in [0.05, 0.1) is 12.3 Å². The molecular formula is C12H19NOS. The topological polar surface area (TPSA) is 25.2 Å². The highest BCUT2D eigenvalue weighted by Gasteiger charge is 2.41. The van der Waals surface area contributed by atoms with Crippen LogP contribution in [0.15, 0.2) is 22.8 Å². The van der Waals surface area contributed by atoms with Crippen molar-refractivity contribution in [3.8, 4) is 0 Å². The van der Waals surface area contributed by atoms with Gasteiger partial charge in [-0.1, -0.05) is 6.92 Å². The number of hydrogen-bond acceptors (Lipinski definition) is 3. The van der Waals surface area contributed by atoms with Crippen molar-refractivity contribution in [3.05, 3.63) is 24.2 Å². The van der Waals surface area contributed by atoms with Gasteiger partial charge < -0.3 is 9.73 Å². The highest BCUT2D eigenvalue weighted by Crippen LogP contribution is 2.46. The summed E-state index contributed by atoms with van der Waals surface area (Å²) in [6.07, 6.45) is 7.76. The molecule has 0 saturated heterocycles. The third kappa shape index (κ3) is 2.58. The molecule has 15 heavy (non-hydrogen) atoms. The first-order chi connectivity index (χ1) is 7.29. The van der Waals surface area contributed by atoms with E-state index in [1.165, 1.54) is 12.8 Å². The molecule has 1 saturated carbocycles. The number of thioether (sulfide) groups is 1. The van der Waals surface area contributed by atoms with Gasteiger partial charge >= 0.3 is 0 Å². The van der Waals surface area contributed by atoms with E-state index in [2.05, 4.69) is 24.6 Å². The molecular weight excluding hydrogens is 206 g/mol. The molecule has 2 nitrogen and oxygen atoms in total. The van der Waals surface area contributed by atoms with Crippen LogP contribution in [0.5, 0.6) is 0 Å². The highest BCUT2D eigenvalue weighted by atomic mass is 32.2. The molecule has 2 rings (SSSR count). The number of hydrogen-bond donors (Lipinski definition) is 1. The Labute approximate surface area is 95.8 Å². The van der Waals surface area contributed by atoms with E-state index in [9.17, 15) is 0 Å². The minimum atomic E-state index is 0.379. The molecule has 1 unspecified atom stereocenters. The van der Waals surface area contributed by atoms with Gasteiger partial charge in [-0.25, -0.2) is 0 Å². The third-order valence-electron chi connectivity index (χ3n) is 3.21. The molecule has 0 amide bonds. The minimum Gasteiger partial charge on any atom is -0.468 e. The molecule has 0 spiro atoms. The lowest BCUT2D eigenvalue weighted by molar-refractivity contribution is 0.403. The summed E-state index contributed by atoms with van der Waals surface area (Å²) in [4.78, 5) is 0. The summed E-state index contributed by atoms with van der Waals surface area (Å²) in [7, 11) is 0. The van der Waals surface area contributed by atoms with Crippen LogP contribution in [0.25, 0.3) is 0 Å². The molecule has 1 heterocycles. The molecule has 1 N–H and O–H groups in total. The zero-order valence-electron chi connectivity index (χ0n) is 9.45. The average Bonchev–Trinajstić information content (AvgIpc) is 2.85. The zero-order valence-corrected chi connectivity index (χ0v) is 10.3. The highest BCUT2D eigenvalue weighted by molar-refractivity contribution is 8.00. The summed E-state index contributed by atoms with van der Waals surface area (Å²) in [6.45, 7) is 3.30. The molecule has 0 aromatic carbocycles. The monoisotopic (exact) mass is 225 g/mol. The summed E-state index contributed by atoms with van der Waals surface area (Å²) < 4.78 is 5.96. The van der Waals surface area contributed by atoms with Gasteiger partial charge in [0, 0.05) is 11.3 Å². The van der Waals surface area contributed by atoms with Crippen molar-refractivity contribution in [3.63, 3.8) is 0 Å². The predicted molar refractivity (Wildman–Crippen MR) is 65.2 cm³/mol.